The quantitative estimate of drug-likeness (QED) is 0.0796. The highest BCUT2D eigenvalue weighted by Crippen LogP contribution is 2.42. The maximum Gasteiger partial charge on any atom is 0.243 e. The van der Waals surface area contributed by atoms with Crippen LogP contribution in [0.5, 0.6) is 11.6 Å². The van der Waals surface area contributed by atoms with Gasteiger partial charge in [0.25, 0.3) is 0 Å². The Labute approximate surface area is 440 Å². The van der Waals surface area contributed by atoms with Gasteiger partial charge in [0.15, 0.2) is 17.4 Å². The number of carbonyl (C=O) groups excluding carboxylic acids is 2. The molecule has 4 saturated heterocycles. The number of benzene rings is 2. The minimum Gasteiger partial charge on any atom is -0.507 e. The summed E-state index contributed by atoms with van der Waals surface area (Å²) in [5.74, 6) is 0.713. The number of phenolic OH excluding ortho intramolecular Hbond substituents is 1. The molecule has 6 N–H and O–H groups in total. The van der Waals surface area contributed by atoms with Crippen molar-refractivity contribution in [1.82, 2.24) is 40.4 Å². The van der Waals surface area contributed by atoms with Gasteiger partial charge in [0, 0.05) is 99.8 Å². The second kappa shape index (κ2) is 21.0. The molecule has 5 aliphatic rings. The number of likely N-dealkylation sites (tertiary alicyclic amines) is 1. The molecule has 1 saturated carbocycles. The lowest BCUT2D eigenvalue weighted by Gasteiger charge is -2.45. The maximum atomic E-state index is 14.4. The summed E-state index contributed by atoms with van der Waals surface area (Å²) >= 11 is 1.59. The van der Waals surface area contributed by atoms with E-state index in [1.165, 1.54) is 4.90 Å². The summed E-state index contributed by atoms with van der Waals surface area (Å²) < 4.78 is 12.3. The summed E-state index contributed by atoms with van der Waals surface area (Å²) in [7, 11) is 0. The van der Waals surface area contributed by atoms with Crippen LogP contribution in [0.25, 0.3) is 21.7 Å². The van der Waals surface area contributed by atoms with E-state index >= 15 is 0 Å². The lowest BCUT2D eigenvalue weighted by atomic mass is 9.80. The number of ether oxygens (including phenoxy) is 1. The molecule has 8 heterocycles. The van der Waals surface area contributed by atoms with Gasteiger partial charge in [0.05, 0.1) is 39.6 Å². The van der Waals surface area contributed by atoms with Crippen LogP contribution < -0.4 is 30.5 Å². The van der Waals surface area contributed by atoms with Gasteiger partial charge in [-0.2, -0.15) is 0 Å². The van der Waals surface area contributed by atoms with Crippen molar-refractivity contribution in [3.8, 4) is 33.3 Å². The largest absolute Gasteiger partial charge is 0.507 e. The third-order valence-electron chi connectivity index (χ3n) is 16.1. The van der Waals surface area contributed by atoms with E-state index in [1.54, 1.807) is 23.5 Å². The van der Waals surface area contributed by atoms with E-state index in [9.17, 15) is 24.9 Å². The van der Waals surface area contributed by atoms with Gasteiger partial charge in [-0.1, -0.05) is 55.4 Å². The van der Waals surface area contributed by atoms with Gasteiger partial charge in [-0.3, -0.25) is 14.5 Å². The molecule has 4 aromatic heterocycles. The van der Waals surface area contributed by atoms with Crippen LogP contribution in [-0.4, -0.2) is 145 Å². The van der Waals surface area contributed by atoms with Crippen LogP contribution in [0.1, 0.15) is 81.9 Å². The SMILES string of the molecule is Cc1ncsc1-c1ccc([C@H](C)NC(=O)[C@@H]2C[C@@H](O)CN2C(=O)[C@@H](c2cc(N3CCN([C@@H](O)C4CC(Oc5cc(N6C7CCC6CN(c6cc(-c8ccccc8O)nnc6N)C7)ccn5)C4)CC3)no2)C(C)C)cc1. The van der Waals surface area contributed by atoms with Crippen molar-refractivity contribution in [2.75, 3.05) is 66.2 Å². The zero-order valence-electron chi connectivity index (χ0n) is 42.8. The number of amides is 2. The van der Waals surface area contributed by atoms with Gasteiger partial charge in [-0.05, 0) is 80.8 Å². The molecule has 2 aromatic carbocycles. The second-order valence-corrected chi connectivity index (χ2v) is 22.2. The van der Waals surface area contributed by atoms with Crippen molar-refractivity contribution in [2.45, 2.75) is 108 Å². The summed E-state index contributed by atoms with van der Waals surface area (Å²) in [6.07, 6.45) is 3.99. The van der Waals surface area contributed by atoms with Gasteiger partial charge < -0.3 is 55.2 Å². The predicted octanol–water partition coefficient (Wildman–Crippen LogP) is 5.98. The number of nitrogens with zero attached hydrogens (tertiary/aromatic N) is 10. The Balaban J connectivity index is 0.652. The Kier molecular flexibility index (Phi) is 14.1. The molecule has 0 spiro atoms. The number of hydrogen-bond donors (Lipinski definition) is 5. The Bertz CT molecular complexity index is 2980. The molecule has 4 aliphatic heterocycles. The predicted molar refractivity (Wildman–Crippen MR) is 285 cm³/mol. The van der Waals surface area contributed by atoms with Crippen LogP contribution in [0, 0.1) is 18.8 Å². The van der Waals surface area contributed by atoms with Crippen LogP contribution in [0.15, 0.2) is 89.0 Å². The zero-order chi connectivity index (χ0) is 52.1. The number of aromatic hydroxyl groups is 1. The molecule has 20 heteroatoms. The number of aromatic nitrogens is 5. The summed E-state index contributed by atoms with van der Waals surface area (Å²) in [5, 5.41) is 48.8. The first kappa shape index (κ1) is 50.3. The van der Waals surface area contributed by atoms with Gasteiger partial charge in [-0.15, -0.1) is 21.5 Å². The van der Waals surface area contributed by atoms with Crippen molar-refractivity contribution in [3.63, 3.8) is 0 Å². The molecule has 75 heavy (non-hydrogen) atoms. The maximum absolute atomic E-state index is 14.4. The minimum absolute atomic E-state index is 0.0486. The van der Waals surface area contributed by atoms with Gasteiger partial charge >= 0.3 is 0 Å². The summed E-state index contributed by atoms with van der Waals surface area (Å²) in [6.45, 7) is 11.8. The Morgan fingerprint density at radius 1 is 0.893 bits per heavy atom. The molecular weight excluding hydrogens is 973 g/mol. The molecule has 2 bridgehead atoms. The number of carbonyl (C=O) groups is 2. The molecule has 0 radical (unpaired) electrons. The van der Waals surface area contributed by atoms with Gasteiger partial charge in [-0.25, -0.2) is 9.97 Å². The number of aliphatic hydroxyl groups excluding tert-OH is 2. The van der Waals surface area contributed by atoms with Crippen molar-refractivity contribution in [3.05, 3.63) is 102 Å². The fraction of sp³-hybridized carbons (Fsp3) is 0.473. The monoisotopic (exact) mass is 1040 g/mol. The van der Waals surface area contributed by atoms with Crippen LogP contribution in [-0.2, 0) is 9.59 Å². The Hall–Kier alpha value is -6.87. The second-order valence-electron chi connectivity index (χ2n) is 21.3. The smallest absolute Gasteiger partial charge is 0.243 e. The first-order valence-electron chi connectivity index (χ1n) is 26.3. The zero-order valence-corrected chi connectivity index (χ0v) is 43.6. The minimum atomic E-state index is -0.835. The number of aliphatic hydroxyl groups is 2. The number of para-hydroxylation sites is 1. The highest BCUT2D eigenvalue weighted by molar-refractivity contribution is 7.13. The average Bonchev–Trinajstić information content (AvgIpc) is 4.21. The number of nitrogens with one attached hydrogen (secondary N) is 1. The molecule has 394 valence electrons. The number of rotatable bonds is 15. The van der Waals surface area contributed by atoms with E-state index in [0.717, 1.165) is 71.8 Å². The lowest BCUT2D eigenvalue weighted by Crippen LogP contribution is -2.55. The van der Waals surface area contributed by atoms with E-state index in [2.05, 4.69) is 50.2 Å². The molecule has 5 fully saturated rings. The first-order chi connectivity index (χ1) is 36.3. The van der Waals surface area contributed by atoms with Crippen LogP contribution in [0.3, 0.4) is 0 Å². The van der Waals surface area contributed by atoms with Crippen molar-refractivity contribution >= 4 is 46.2 Å². The first-order valence-corrected chi connectivity index (χ1v) is 27.1. The van der Waals surface area contributed by atoms with Crippen LogP contribution in [0.2, 0.25) is 0 Å². The molecule has 11 rings (SSSR count). The molecule has 2 unspecified atom stereocenters. The normalized spacial score (nSPS) is 24.0. The highest BCUT2D eigenvalue weighted by Gasteiger charge is 2.45. The number of nitrogen functional groups attached to an aromatic ring is 1. The number of anilines is 4. The van der Waals surface area contributed by atoms with Crippen molar-refractivity contribution < 1.29 is 34.2 Å². The van der Waals surface area contributed by atoms with Gasteiger partial charge in [0.1, 0.15) is 30.0 Å². The molecule has 1 aliphatic carbocycles. The summed E-state index contributed by atoms with van der Waals surface area (Å²) in [6, 6.07) is 22.3. The third kappa shape index (κ3) is 10.2. The molecule has 7 atom stereocenters. The Morgan fingerprint density at radius 3 is 2.35 bits per heavy atom. The number of phenols is 1. The topological polar surface area (TPSA) is 236 Å². The number of pyridine rings is 1. The van der Waals surface area contributed by atoms with Gasteiger partial charge in [0.2, 0.25) is 17.7 Å². The number of aryl methyl sites for hydroxylation is 1. The highest BCUT2D eigenvalue weighted by atomic mass is 32.1. The van der Waals surface area contributed by atoms with Crippen LogP contribution >= 0.6 is 11.3 Å². The molecule has 2 amide bonds. The number of nitrogens with two attached hydrogens (primary N) is 1. The van der Waals surface area contributed by atoms with E-state index in [-0.39, 0.29) is 66.6 Å². The fourth-order valence-electron chi connectivity index (χ4n) is 11.9. The number of fused-ring (bicyclic) bond motifs is 2. The summed E-state index contributed by atoms with van der Waals surface area (Å²) in [5.41, 5.74) is 14.3. The molecular formula is C55H66N12O7S. The van der Waals surface area contributed by atoms with Crippen molar-refractivity contribution in [1.29, 1.82) is 0 Å². The lowest BCUT2D eigenvalue weighted by molar-refractivity contribution is -0.141. The molecule has 6 aromatic rings. The number of thiazole rings is 1. The Morgan fingerprint density at radius 2 is 1.64 bits per heavy atom. The summed E-state index contributed by atoms with van der Waals surface area (Å²) in [4.78, 5) is 48.8. The van der Waals surface area contributed by atoms with E-state index in [1.807, 2.05) is 100 Å². The fourth-order valence-corrected chi connectivity index (χ4v) is 12.7. The van der Waals surface area contributed by atoms with E-state index in [4.69, 9.17) is 15.0 Å². The van der Waals surface area contributed by atoms with E-state index in [0.29, 0.717) is 60.7 Å². The molecule has 19 nitrogen and oxygen atoms in total. The van der Waals surface area contributed by atoms with Crippen molar-refractivity contribution in [2.24, 2.45) is 11.8 Å². The number of β-amino-alcohol motifs (C(OH)–C–C–N with tert-alkyl or cyclic N) is 1. The standard InChI is InChI=1S/C55H66N12O7S/c1-31(2)50(55(72)66-29-40(68)24-45(66)53(70)59-32(3)34-9-11-35(12-10-34)51-33(4)58-30-75-51)47-26-48(62-74-47)63-17-19-64(20-18-63)54(71)36-21-41(22-36)73-49-23-37(15-16-57-49)67-38-13-14-39(67)28-65(27-38)44-25-43(60-61-52(44)56)42-7-5-6-8-46(42)69/h5-12,15-16,23,25-26,30-32,36,38-41,45,50,54,68-69,71H,13-14,17-22,24,27-29H2,1-4H3,(H2,56,61)(H,59,70)/t32-,36?,38?,39?,40+,41?,45-,50+,54-/m0/s1. The number of piperazine rings is 2. The van der Waals surface area contributed by atoms with Crippen LogP contribution in [0.4, 0.5) is 23.0 Å². The van der Waals surface area contributed by atoms with E-state index < -0.39 is 24.3 Å². The number of hydrogen-bond acceptors (Lipinski definition) is 18. The average molecular weight is 1040 g/mol. The third-order valence-corrected chi connectivity index (χ3v) is 17.0.